The molecule has 8 nitrogen and oxygen atoms in total. The number of guanidine groups is 1. The molecule has 1 aliphatic rings. The van der Waals surface area contributed by atoms with Crippen LogP contribution in [0.3, 0.4) is 0 Å². The standard InChI is InChI=1S/C22H37N5O3.HI/c1-17(30-20-9-5-4-8-19(20)29-3)16-26-22(24-2)25-12-6-7-13-27-14-10-18(11-15-27)21(23)28;/h4-5,8-9,17-18H,6-7,10-16H2,1-3H3,(H2,23,28)(H2,24,25,26);1H. The number of para-hydroxylation sites is 2. The van der Waals surface area contributed by atoms with Crippen molar-refractivity contribution in [2.45, 2.75) is 38.7 Å². The SMILES string of the molecule is CN=C(NCCCCN1CCC(C(N)=O)CC1)NCC(C)Oc1ccccc1OC.I. The number of primary amides is 1. The van der Waals surface area contributed by atoms with Crippen molar-refractivity contribution in [1.82, 2.24) is 15.5 Å². The molecule has 1 aromatic rings. The highest BCUT2D eigenvalue weighted by Crippen LogP contribution is 2.26. The second-order valence-electron chi connectivity index (χ2n) is 7.68. The van der Waals surface area contributed by atoms with Crippen LogP contribution in [-0.4, -0.2) is 69.8 Å². The minimum atomic E-state index is -0.152. The molecule has 1 atom stereocenters. The Bertz CT molecular complexity index is 681. The average molecular weight is 547 g/mol. The molecule has 0 bridgehead atoms. The summed E-state index contributed by atoms with van der Waals surface area (Å²) < 4.78 is 11.3. The third kappa shape index (κ3) is 9.94. The van der Waals surface area contributed by atoms with Gasteiger partial charge in [-0.15, -0.1) is 24.0 Å². The number of aliphatic imine (C=N–C) groups is 1. The zero-order valence-electron chi connectivity index (χ0n) is 18.9. The zero-order chi connectivity index (χ0) is 21.8. The van der Waals surface area contributed by atoms with Crippen molar-refractivity contribution in [2.24, 2.45) is 16.6 Å². The molecule has 9 heteroatoms. The summed E-state index contributed by atoms with van der Waals surface area (Å²) in [5.41, 5.74) is 5.39. The third-order valence-corrected chi connectivity index (χ3v) is 5.36. The Morgan fingerprint density at radius 3 is 2.52 bits per heavy atom. The minimum absolute atomic E-state index is 0. The first kappa shape index (κ1) is 27.3. The largest absolute Gasteiger partial charge is 0.493 e. The summed E-state index contributed by atoms with van der Waals surface area (Å²) in [6, 6.07) is 7.64. The maximum atomic E-state index is 11.2. The first-order chi connectivity index (χ1) is 14.5. The van der Waals surface area contributed by atoms with Gasteiger partial charge in [-0.05, 0) is 64.4 Å². The van der Waals surface area contributed by atoms with Gasteiger partial charge in [0, 0.05) is 19.5 Å². The maximum Gasteiger partial charge on any atom is 0.220 e. The number of likely N-dealkylation sites (tertiary alicyclic amines) is 1. The quantitative estimate of drug-likeness (QED) is 0.170. The van der Waals surface area contributed by atoms with Crippen molar-refractivity contribution in [3.05, 3.63) is 24.3 Å². The van der Waals surface area contributed by atoms with Crippen molar-refractivity contribution in [1.29, 1.82) is 0 Å². The number of nitrogens with two attached hydrogens (primary N) is 1. The number of carbonyl (C=O) groups is 1. The highest BCUT2D eigenvalue weighted by Gasteiger charge is 2.22. The topological polar surface area (TPSA) is 101 Å². The molecule has 0 aromatic heterocycles. The molecule has 1 aliphatic heterocycles. The fraction of sp³-hybridized carbons (Fsp3) is 0.636. The molecule has 0 radical (unpaired) electrons. The highest BCUT2D eigenvalue weighted by atomic mass is 127. The van der Waals surface area contributed by atoms with E-state index in [1.54, 1.807) is 14.2 Å². The van der Waals surface area contributed by atoms with E-state index in [9.17, 15) is 4.79 Å². The number of nitrogens with zero attached hydrogens (tertiary/aromatic N) is 2. The summed E-state index contributed by atoms with van der Waals surface area (Å²) in [6.07, 6.45) is 3.91. The smallest absolute Gasteiger partial charge is 0.220 e. The number of methoxy groups -OCH3 is 1. The van der Waals surface area contributed by atoms with Crippen molar-refractivity contribution in [3.8, 4) is 11.5 Å². The van der Waals surface area contributed by atoms with E-state index in [-0.39, 0.29) is 41.9 Å². The molecule has 0 aliphatic carbocycles. The molecule has 1 aromatic carbocycles. The van der Waals surface area contributed by atoms with Crippen LogP contribution in [0, 0.1) is 5.92 Å². The van der Waals surface area contributed by atoms with Gasteiger partial charge in [0.2, 0.25) is 5.91 Å². The Balaban J connectivity index is 0.00000480. The Hall–Kier alpha value is -1.75. The summed E-state index contributed by atoms with van der Waals surface area (Å²) in [4.78, 5) is 17.9. The van der Waals surface area contributed by atoms with Crippen LogP contribution >= 0.6 is 24.0 Å². The second-order valence-corrected chi connectivity index (χ2v) is 7.68. The van der Waals surface area contributed by atoms with Crippen LogP contribution in [0.25, 0.3) is 0 Å². The summed E-state index contributed by atoms with van der Waals surface area (Å²) in [6.45, 7) is 6.49. The number of hydrogen-bond acceptors (Lipinski definition) is 5. The summed E-state index contributed by atoms with van der Waals surface area (Å²) in [7, 11) is 3.41. The third-order valence-electron chi connectivity index (χ3n) is 5.36. The maximum absolute atomic E-state index is 11.2. The van der Waals surface area contributed by atoms with E-state index in [1.807, 2.05) is 31.2 Å². The molecule has 0 spiro atoms. The lowest BCUT2D eigenvalue weighted by Gasteiger charge is -2.30. The van der Waals surface area contributed by atoms with Crippen LogP contribution in [0.1, 0.15) is 32.6 Å². The van der Waals surface area contributed by atoms with Gasteiger partial charge in [-0.1, -0.05) is 12.1 Å². The molecule has 1 saturated heterocycles. The normalized spacial score (nSPS) is 16.2. The molecule has 176 valence electrons. The first-order valence-electron chi connectivity index (χ1n) is 10.8. The monoisotopic (exact) mass is 547 g/mol. The lowest BCUT2D eigenvalue weighted by molar-refractivity contribution is -0.123. The Morgan fingerprint density at radius 1 is 1.23 bits per heavy atom. The van der Waals surface area contributed by atoms with Crippen LogP contribution in [0.4, 0.5) is 0 Å². The van der Waals surface area contributed by atoms with E-state index >= 15 is 0 Å². The number of rotatable bonds is 11. The fourth-order valence-corrected chi connectivity index (χ4v) is 3.54. The number of piperidine rings is 1. The van der Waals surface area contributed by atoms with Crippen LogP contribution in [0.5, 0.6) is 11.5 Å². The molecule has 0 saturated carbocycles. The van der Waals surface area contributed by atoms with E-state index in [0.29, 0.717) is 6.54 Å². The number of hydrogen-bond donors (Lipinski definition) is 3. The molecule has 1 amide bonds. The minimum Gasteiger partial charge on any atom is -0.493 e. The highest BCUT2D eigenvalue weighted by molar-refractivity contribution is 14.0. The molecule has 31 heavy (non-hydrogen) atoms. The van der Waals surface area contributed by atoms with E-state index in [0.717, 1.165) is 69.3 Å². The van der Waals surface area contributed by atoms with Crippen molar-refractivity contribution in [2.75, 3.05) is 46.9 Å². The first-order valence-corrected chi connectivity index (χ1v) is 10.8. The van der Waals surface area contributed by atoms with Gasteiger partial charge in [-0.25, -0.2) is 0 Å². The number of amides is 1. The van der Waals surface area contributed by atoms with E-state index < -0.39 is 0 Å². The Morgan fingerprint density at radius 2 is 1.90 bits per heavy atom. The van der Waals surface area contributed by atoms with Crippen LogP contribution in [0.2, 0.25) is 0 Å². The molecular formula is C22H38IN5O3. The second kappa shape index (κ2) is 15.1. The molecule has 4 N–H and O–H groups in total. The van der Waals surface area contributed by atoms with E-state index in [2.05, 4.69) is 20.5 Å². The summed E-state index contributed by atoms with van der Waals surface area (Å²) in [5.74, 6) is 2.14. The van der Waals surface area contributed by atoms with Gasteiger partial charge in [0.25, 0.3) is 0 Å². The predicted molar refractivity (Wildman–Crippen MR) is 135 cm³/mol. The number of unbranched alkanes of at least 4 members (excludes halogenated alkanes) is 1. The molecule has 2 rings (SSSR count). The molecule has 1 heterocycles. The lowest BCUT2D eigenvalue weighted by Crippen LogP contribution is -2.42. The van der Waals surface area contributed by atoms with Crippen molar-refractivity contribution >= 4 is 35.8 Å². The average Bonchev–Trinajstić information content (AvgIpc) is 2.76. The summed E-state index contributed by atoms with van der Waals surface area (Å²) in [5, 5.41) is 6.65. The number of halogens is 1. The van der Waals surface area contributed by atoms with E-state index in [4.69, 9.17) is 15.2 Å². The van der Waals surface area contributed by atoms with Crippen molar-refractivity contribution < 1.29 is 14.3 Å². The van der Waals surface area contributed by atoms with Gasteiger partial charge >= 0.3 is 0 Å². The van der Waals surface area contributed by atoms with Crippen molar-refractivity contribution in [3.63, 3.8) is 0 Å². The van der Waals surface area contributed by atoms with Gasteiger partial charge in [0.1, 0.15) is 6.10 Å². The molecular weight excluding hydrogens is 509 g/mol. The van der Waals surface area contributed by atoms with Crippen LogP contribution in [0.15, 0.2) is 29.3 Å². The van der Waals surface area contributed by atoms with Gasteiger partial charge in [-0.2, -0.15) is 0 Å². The van der Waals surface area contributed by atoms with E-state index in [1.165, 1.54) is 0 Å². The Kier molecular flexibility index (Phi) is 13.3. The Labute approximate surface area is 203 Å². The summed E-state index contributed by atoms with van der Waals surface area (Å²) >= 11 is 0. The fourth-order valence-electron chi connectivity index (χ4n) is 3.54. The lowest BCUT2D eigenvalue weighted by atomic mass is 9.96. The van der Waals surface area contributed by atoms with Gasteiger partial charge in [0.15, 0.2) is 17.5 Å². The van der Waals surface area contributed by atoms with Gasteiger partial charge in [-0.3, -0.25) is 9.79 Å². The zero-order valence-corrected chi connectivity index (χ0v) is 21.3. The van der Waals surface area contributed by atoms with Gasteiger partial charge < -0.3 is 30.7 Å². The predicted octanol–water partition coefficient (Wildman–Crippen LogP) is 2.22. The van der Waals surface area contributed by atoms with Gasteiger partial charge in [0.05, 0.1) is 13.7 Å². The van der Waals surface area contributed by atoms with Crippen LogP contribution < -0.4 is 25.8 Å². The number of ether oxygens (including phenoxy) is 2. The number of nitrogens with one attached hydrogen (secondary N) is 2. The molecule has 1 fully saturated rings. The van der Waals surface area contributed by atoms with Crippen LogP contribution in [-0.2, 0) is 4.79 Å². The molecule has 1 unspecified atom stereocenters. The number of benzene rings is 1. The number of carbonyl (C=O) groups excluding carboxylic acids is 1.